The quantitative estimate of drug-likeness (QED) is 0.865. The lowest BCUT2D eigenvalue weighted by atomic mass is 10.3. The maximum Gasteiger partial charge on any atom is 0.319 e. The van der Waals surface area contributed by atoms with Crippen molar-refractivity contribution in [2.45, 2.75) is 33.7 Å². The molecule has 1 aromatic rings. The molecule has 0 unspecified atom stereocenters. The molecule has 22 heavy (non-hydrogen) atoms. The molecule has 2 N–H and O–H groups in total. The molecular weight excluding hydrogens is 282 g/mol. The van der Waals surface area contributed by atoms with Gasteiger partial charge in [-0.3, -0.25) is 9.58 Å². The molecule has 7 nitrogen and oxygen atoms in total. The van der Waals surface area contributed by atoms with E-state index in [1.165, 1.54) is 0 Å². The number of ether oxygens (including phenoxy) is 1. The predicted octanol–water partition coefficient (Wildman–Crippen LogP) is 1.53. The van der Waals surface area contributed by atoms with Gasteiger partial charge >= 0.3 is 6.03 Å². The molecule has 2 amide bonds. The second-order valence-corrected chi connectivity index (χ2v) is 5.92. The Morgan fingerprint density at radius 2 is 2.00 bits per heavy atom. The molecule has 0 spiro atoms. The number of urea groups is 1. The first kappa shape index (κ1) is 16.8. The molecule has 124 valence electrons. The van der Waals surface area contributed by atoms with Crippen molar-refractivity contribution in [2.75, 3.05) is 44.7 Å². The third-order valence-corrected chi connectivity index (χ3v) is 3.87. The van der Waals surface area contributed by atoms with Gasteiger partial charge in [0.2, 0.25) is 0 Å². The van der Waals surface area contributed by atoms with Crippen LogP contribution < -0.4 is 10.6 Å². The van der Waals surface area contributed by atoms with Crippen LogP contribution in [-0.2, 0) is 4.74 Å². The van der Waals surface area contributed by atoms with E-state index in [2.05, 4.69) is 34.5 Å². The molecule has 1 aliphatic heterocycles. The number of anilines is 1. The van der Waals surface area contributed by atoms with E-state index in [0.29, 0.717) is 6.54 Å². The maximum atomic E-state index is 12.0. The van der Waals surface area contributed by atoms with E-state index >= 15 is 0 Å². The van der Waals surface area contributed by atoms with Gasteiger partial charge < -0.3 is 15.4 Å². The molecule has 2 rings (SSSR count). The van der Waals surface area contributed by atoms with Crippen molar-refractivity contribution in [1.82, 2.24) is 20.0 Å². The van der Waals surface area contributed by atoms with E-state index in [9.17, 15) is 4.79 Å². The summed E-state index contributed by atoms with van der Waals surface area (Å²) in [5.41, 5.74) is 2.63. The number of hydrogen-bond donors (Lipinski definition) is 2. The number of carbonyl (C=O) groups excluding carboxylic acids is 1. The summed E-state index contributed by atoms with van der Waals surface area (Å²) in [6.45, 7) is 12.9. The van der Waals surface area contributed by atoms with Gasteiger partial charge in [-0.1, -0.05) is 0 Å². The number of aromatic nitrogens is 2. The van der Waals surface area contributed by atoms with Gasteiger partial charge in [0.05, 0.1) is 30.3 Å². The Morgan fingerprint density at radius 1 is 1.32 bits per heavy atom. The largest absolute Gasteiger partial charge is 0.379 e. The van der Waals surface area contributed by atoms with Gasteiger partial charge in [0.25, 0.3) is 0 Å². The van der Waals surface area contributed by atoms with Gasteiger partial charge in [-0.25, -0.2) is 4.79 Å². The van der Waals surface area contributed by atoms with Crippen LogP contribution in [0, 0.1) is 13.8 Å². The highest BCUT2D eigenvalue weighted by Gasteiger charge is 2.16. The summed E-state index contributed by atoms with van der Waals surface area (Å²) in [6.07, 6.45) is 0. The molecule has 1 aromatic heterocycles. The molecule has 0 aromatic carbocycles. The Bertz CT molecular complexity index is 506. The van der Waals surface area contributed by atoms with Crippen LogP contribution in [0.1, 0.15) is 31.3 Å². The van der Waals surface area contributed by atoms with Gasteiger partial charge in [0, 0.05) is 32.2 Å². The third-order valence-electron chi connectivity index (χ3n) is 3.87. The summed E-state index contributed by atoms with van der Waals surface area (Å²) in [5.74, 6) is 0. The Balaban J connectivity index is 1.81. The minimum Gasteiger partial charge on any atom is -0.379 e. The summed E-state index contributed by atoms with van der Waals surface area (Å²) >= 11 is 0. The Morgan fingerprint density at radius 3 is 2.59 bits per heavy atom. The number of nitrogens with one attached hydrogen (secondary N) is 2. The van der Waals surface area contributed by atoms with Crippen LogP contribution in [0.15, 0.2) is 0 Å². The summed E-state index contributed by atoms with van der Waals surface area (Å²) in [5, 5.41) is 10.3. The fraction of sp³-hybridized carbons (Fsp3) is 0.733. The lowest BCUT2D eigenvalue weighted by Gasteiger charge is -2.26. The molecule has 7 heteroatoms. The van der Waals surface area contributed by atoms with Crippen LogP contribution >= 0.6 is 0 Å². The fourth-order valence-electron chi connectivity index (χ4n) is 2.66. The fourth-order valence-corrected chi connectivity index (χ4v) is 2.66. The van der Waals surface area contributed by atoms with Crippen LogP contribution in [0.2, 0.25) is 0 Å². The van der Waals surface area contributed by atoms with Crippen molar-refractivity contribution < 1.29 is 9.53 Å². The molecule has 1 saturated heterocycles. The highest BCUT2D eigenvalue weighted by Crippen LogP contribution is 2.22. The number of amides is 2. The van der Waals surface area contributed by atoms with Gasteiger partial charge in [-0.2, -0.15) is 5.10 Å². The number of hydrogen-bond acceptors (Lipinski definition) is 4. The zero-order valence-electron chi connectivity index (χ0n) is 14.0. The van der Waals surface area contributed by atoms with Crippen molar-refractivity contribution in [1.29, 1.82) is 0 Å². The zero-order valence-corrected chi connectivity index (χ0v) is 14.0. The molecular formula is C15H27N5O2. The average Bonchev–Trinajstić information content (AvgIpc) is 2.76. The first-order valence-electron chi connectivity index (χ1n) is 7.89. The predicted molar refractivity (Wildman–Crippen MR) is 86.4 cm³/mol. The van der Waals surface area contributed by atoms with E-state index in [1.54, 1.807) is 0 Å². The van der Waals surface area contributed by atoms with Crippen LogP contribution in [0.4, 0.5) is 10.5 Å². The van der Waals surface area contributed by atoms with Crippen LogP contribution in [0.3, 0.4) is 0 Å². The minimum atomic E-state index is -0.178. The first-order chi connectivity index (χ1) is 10.5. The molecule has 1 fully saturated rings. The van der Waals surface area contributed by atoms with E-state index in [0.717, 1.165) is 49.9 Å². The van der Waals surface area contributed by atoms with Crippen molar-refractivity contribution in [3.05, 3.63) is 11.4 Å². The van der Waals surface area contributed by atoms with Gasteiger partial charge in [-0.05, 0) is 27.7 Å². The molecule has 2 heterocycles. The second kappa shape index (κ2) is 7.60. The summed E-state index contributed by atoms with van der Waals surface area (Å²) in [4.78, 5) is 14.3. The Hall–Kier alpha value is -1.60. The molecule has 0 atom stereocenters. The van der Waals surface area contributed by atoms with Gasteiger partial charge in [0.1, 0.15) is 0 Å². The normalized spacial score (nSPS) is 16.0. The van der Waals surface area contributed by atoms with Crippen molar-refractivity contribution >= 4 is 11.7 Å². The van der Waals surface area contributed by atoms with Crippen LogP contribution in [-0.4, -0.2) is 60.1 Å². The Labute approximate surface area is 132 Å². The van der Waals surface area contributed by atoms with Crippen LogP contribution in [0.5, 0.6) is 0 Å². The second-order valence-electron chi connectivity index (χ2n) is 5.92. The SMILES string of the molecule is Cc1nn(C(C)C)c(C)c1NC(=O)NCCN1CCOCC1. The number of nitrogens with zero attached hydrogens (tertiary/aromatic N) is 3. The topological polar surface area (TPSA) is 71.4 Å². The van der Waals surface area contributed by atoms with E-state index in [-0.39, 0.29) is 12.1 Å². The van der Waals surface area contributed by atoms with Crippen molar-refractivity contribution in [3.63, 3.8) is 0 Å². The molecule has 0 bridgehead atoms. The standard InChI is InChI=1S/C15H27N5O2/c1-11(2)20-13(4)14(12(3)18-20)17-15(21)16-5-6-19-7-9-22-10-8-19/h11H,5-10H2,1-4H3,(H2,16,17,21). The minimum absolute atomic E-state index is 0.178. The maximum absolute atomic E-state index is 12.0. The first-order valence-corrected chi connectivity index (χ1v) is 7.89. The smallest absolute Gasteiger partial charge is 0.319 e. The number of aryl methyl sites for hydroxylation is 1. The molecule has 0 aliphatic carbocycles. The highest BCUT2D eigenvalue weighted by molar-refractivity contribution is 5.90. The lowest BCUT2D eigenvalue weighted by Crippen LogP contribution is -2.42. The third kappa shape index (κ3) is 4.20. The number of rotatable bonds is 5. The number of morpholine rings is 1. The highest BCUT2D eigenvalue weighted by atomic mass is 16.5. The average molecular weight is 309 g/mol. The van der Waals surface area contributed by atoms with Crippen molar-refractivity contribution in [3.8, 4) is 0 Å². The summed E-state index contributed by atoms with van der Waals surface area (Å²) < 4.78 is 7.23. The zero-order chi connectivity index (χ0) is 16.1. The molecule has 0 saturated carbocycles. The van der Waals surface area contributed by atoms with Gasteiger partial charge in [0.15, 0.2) is 0 Å². The van der Waals surface area contributed by atoms with Gasteiger partial charge in [-0.15, -0.1) is 0 Å². The lowest BCUT2D eigenvalue weighted by molar-refractivity contribution is 0.0388. The molecule has 1 aliphatic rings. The Kier molecular flexibility index (Phi) is 5.79. The summed E-state index contributed by atoms with van der Waals surface area (Å²) in [6, 6.07) is 0.0985. The monoisotopic (exact) mass is 309 g/mol. The molecule has 0 radical (unpaired) electrons. The summed E-state index contributed by atoms with van der Waals surface area (Å²) in [7, 11) is 0. The van der Waals surface area contributed by atoms with E-state index in [1.807, 2.05) is 18.5 Å². The van der Waals surface area contributed by atoms with Crippen molar-refractivity contribution in [2.24, 2.45) is 0 Å². The van der Waals surface area contributed by atoms with E-state index < -0.39 is 0 Å². The van der Waals surface area contributed by atoms with Crippen LogP contribution in [0.25, 0.3) is 0 Å². The van der Waals surface area contributed by atoms with E-state index in [4.69, 9.17) is 4.74 Å². The number of carbonyl (C=O) groups is 1.